The third-order valence-corrected chi connectivity index (χ3v) is 4.56. The van der Waals surface area contributed by atoms with E-state index in [1.54, 1.807) is 12.0 Å². The minimum Gasteiger partial charge on any atom is -0.497 e. The fraction of sp³-hybridized carbons (Fsp3) is 0.500. The molecule has 1 atom stereocenters. The zero-order valence-electron chi connectivity index (χ0n) is 12.5. The van der Waals surface area contributed by atoms with E-state index < -0.39 is 17.4 Å². The number of carbonyl (C=O) groups excluding carboxylic acids is 1. The number of carboxylic acid groups (broad SMARTS) is 1. The Labute approximate surface area is 129 Å². The van der Waals surface area contributed by atoms with Gasteiger partial charge in [0.2, 0.25) is 5.91 Å². The van der Waals surface area contributed by atoms with Crippen molar-refractivity contribution in [2.24, 2.45) is 0 Å². The summed E-state index contributed by atoms with van der Waals surface area (Å²) in [5.74, 6) is -0.0997. The van der Waals surface area contributed by atoms with Gasteiger partial charge in [0.1, 0.15) is 11.8 Å². The molecule has 118 valence electrons. The minimum absolute atomic E-state index is 0.0467. The van der Waals surface area contributed by atoms with Gasteiger partial charge in [0, 0.05) is 19.6 Å². The van der Waals surface area contributed by atoms with Crippen LogP contribution in [0.1, 0.15) is 18.4 Å². The number of aliphatic carboxylic acids is 1. The largest absolute Gasteiger partial charge is 0.497 e. The van der Waals surface area contributed by atoms with Gasteiger partial charge in [-0.3, -0.25) is 9.59 Å². The number of methoxy groups -OCH3 is 1. The molecule has 0 radical (unpaired) electrons. The van der Waals surface area contributed by atoms with E-state index in [4.69, 9.17) is 9.84 Å². The van der Waals surface area contributed by atoms with Crippen molar-refractivity contribution in [3.63, 3.8) is 0 Å². The highest BCUT2D eigenvalue weighted by atomic mass is 16.5. The van der Waals surface area contributed by atoms with E-state index >= 15 is 0 Å². The van der Waals surface area contributed by atoms with Crippen LogP contribution < -0.4 is 10.1 Å². The number of amides is 1. The first-order chi connectivity index (χ1) is 10.6. The maximum absolute atomic E-state index is 12.9. The molecule has 1 aliphatic carbocycles. The molecule has 6 nitrogen and oxygen atoms in total. The summed E-state index contributed by atoms with van der Waals surface area (Å²) in [6, 6.07) is 6.91. The monoisotopic (exact) mass is 304 g/mol. The Hall–Kier alpha value is -2.08. The molecule has 3 rings (SSSR count). The van der Waals surface area contributed by atoms with Crippen LogP contribution >= 0.6 is 0 Å². The number of hydrogen-bond donors (Lipinski definition) is 2. The topological polar surface area (TPSA) is 78.9 Å². The van der Waals surface area contributed by atoms with E-state index in [0.717, 1.165) is 24.2 Å². The predicted octanol–water partition coefficient (Wildman–Crippen LogP) is 0.612. The lowest BCUT2D eigenvalue weighted by Gasteiger charge is -2.34. The molecule has 2 N–H and O–H groups in total. The van der Waals surface area contributed by atoms with Crippen molar-refractivity contribution >= 4 is 11.9 Å². The summed E-state index contributed by atoms with van der Waals surface area (Å²) in [5.41, 5.74) is 0.524. The van der Waals surface area contributed by atoms with E-state index in [2.05, 4.69) is 5.32 Å². The highest BCUT2D eigenvalue weighted by molar-refractivity contribution is 5.92. The quantitative estimate of drug-likeness (QED) is 0.852. The summed E-state index contributed by atoms with van der Waals surface area (Å²) in [4.78, 5) is 25.7. The van der Waals surface area contributed by atoms with Crippen molar-refractivity contribution in [2.75, 3.05) is 26.7 Å². The Morgan fingerprint density at radius 1 is 1.32 bits per heavy atom. The molecule has 1 heterocycles. The molecule has 1 unspecified atom stereocenters. The van der Waals surface area contributed by atoms with Crippen molar-refractivity contribution in [2.45, 2.75) is 24.3 Å². The minimum atomic E-state index is -0.910. The average molecular weight is 304 g/mol. The number of hydrogen-bond acceptors (Lipinski definition) is 4. The molecule has 1 aromatic carbocycles. The van der Waals surface area contributed by atoms with Crippen LogP contribution in [0.5, 0.6) is 5.75 Å². The number of nitrogens with zero attached hydrogens (tertiary/aromatic N) is 1. The predicted molar refractivity (Wildman–Crippen MR) is 79.9 cm³/mol. The smallest absolute Gasteiger partial charge is 0.322 e. The molecule has 0 bridgehead atoms. The van der Waals surface area contributed by atoms with E-state index in [0.29, 0.717) is 13.1 Å². The summed E-state index contributed by atoms with van der Waals surface area (Å²) < 4.78 is 5.15. The van der Waals surface area contributed by atoms with Gasteiger partial charge < -0.3 is 20.1 Å². The van der Waals surface area contributed by atoms with Gasteiger partial charge in [-0.1, -0.05) is 12.1 Å². The van der Waals surface area contributed by atoms with Gasteiger partial charge in [0.25, 0.3) is 0 Å². The molecule has 1 saturated heterocycles. The van der Waals surface area contributed by atoms with Crippen LogP contribution in [-0.2, 0) is 15.0 Å². The number of ether oxygens (including phenoxy) is 1. The number of carbonyl (C=O) groups is 2. The van der Waals surface area contributed by atoms with Crippen LogP contribution in [0.25, 0.3) is 0 Å². The molecule has 6 heteroatoms. The first kappa shape index (κ1) is 14.8. The van der Waals surface area contributed by atoms with E-state index in [1.807, 2.05) is 24.3 Å². The molecule has 1 amide bonds. The molecule has 1 saturated carbocycles. The molecular formula is C16H20N2O4. The van der Waals surface area contributed by atoms with Crippen LogP contribution in [0.4, 0.5) is 0 Å². The van der Waals surface area contributed by atoms with Gasteiger partial charge in [-0.2, -0.15) is 0 Å². The normalized spacial score (nSPS) is 23.0. The molecule has 22 heavy (non-hydrogen) atoms. The number of rotatable bonds is 4. The van der Waals surface area contributed by atoms with Crippen molar-refractivity contribution in [1.82, 2.24) is 10.2 Å². The van der Waals surface area contributed by atoms with E-state index in [9.17, 15) is 9.59 Å². The number of nitrogens with one attached hydrogen (secondary N) is 1. The van der Waals surface area contributed by atoms with Crippen LogP contribution in [-0.4, -0.2) is 54.7 Å². The molecule has 2 fully saturated rings. The van der Waals surface area contributed by atoms with Crippen LogP contribution in [0, 0.1) is 0 Å². The van der Waals surface area contributed by atoms with Gasteiger partial charge in [-0.05, 0) is 30.5 Å². The number of carboxylic acids is 1. The van der Waals surface area contributed by atoms with Crippen LogP contribution in [0.2, 0.25) is 0 Å². The molecule has 0 spiro atoms. The highest BCUT2D eigenvalue weighted by Crippen LogP contribution is 2.50. The lowest BCUT2D eigenvalue weighted by Crippen LogP contribution is -2.57. The van der Waals surface area contributed by atoms with Crippen LogP contribution in [0.3, 0.4) is 0 Å². The fourth-order valence-corrected chi connectivity index (χ4v) is 3.06. The summed E-state index contributed by atoms with van der Waals surface area (Å²) >= 11 is 0. The molecule has 1 aromatic rings. The van der Waals surface area contributed by atoms with Crippen molar-refractivity contribution < 1.29 is 19.4 Å². The molecular weight excluding hydrogens is 284 g/mol. The molecule has 0 aromatic heterocycles. The van der Waals surface area contributed by atoms with Crippen LogP contribution in [0.15, 0.2) is 24.3 Å². The van der Waals surface area contributed by atoms with E-state index in [1.165, 1.54) is 0 Å². The zero-order valence-corrected chi connectivity index (χ0v) is 12.5. The number of piperazine rings is 1. The van der Waals surface area contributed by atoms with Gasteiger partial charge in [0.05, 0.1) is 12.5 Å². The maximum Gasteiger partial charge on any atom is 0.322 e. The number of benzene rings is 1. The first-order valence-electron chi connectivity index (χ1n) is 7.47. The average Bonchev–Trinajstić information content (AvgIpc) is 3.36. The van der Waals surface area contributed by atoms with Crippen molar-refractivity contribution in [3.8, 4) is 5.75 Å². The molecule has 2 aliphatic rings. The summed E-state index contributed by atoms with van der Waals surface area (Å²) in [7, 11) is 1.61. The van der Waals surface area contributed by atoms with Crippen molar-refractivity contribution in [3.05, 3.63) is 29.8 Å². The third kappa shape index (κ3) is 2.54. The Balaban J connectivity index is 1.77. The summed E-state index contributed by atoms with van der Waals surface area (Å²) in [6.45, 7) is 1.30. The fourth-order valence-electron chi connectivity index (χ4n) is 3.06. The van der Waals surface area contributed by atoms with Crippen molar-refractivity contribution in [1.29, 1.82) is 0 Å². The van der Waals surface area contributed by atoms with Gasteiger partial charge in [-0.25, -0.2) is 0 Å². The van der Waals surface area contributed by atoms with Gasteiger partial charge in [-0.15, -0.1) is 0 Å². The molecule has 1 aliphatic heterocycles. The zero-order chi connectivity index (χ0) is 15.7. The Morgan fingerprint density at radius 2 is 2.00 bits per heavy atom. The Kier molecular flexibility index (Phi) is 3.78. The third-order valence-electron chi connectivity index (χ3n) is 4.56. The highest BCUT2D eigenvalue weighted by Gasteiger charge is 2.53. The van der Waals surface area contributed by atoms with Gasteiger partial charge in [0.15, 0.2) is 0 Å². The standard InChI is InChI=1S/C16H20N2O4/c1-22-12-4-2-11(3-5-12)16(6-7-16)15(21)18-9-8-17-13(10-18)14(19)20/h2-5,13,17H,6-10H2,1H3,(H,19,20). The second-order valence-corrected chi connectivity index (χ2v) is 5.91. The Morgan fingerprint density at radius 3 is 2.55 bits per heavy atom. The summed E-state index contributed by atoms with van der Waals surface area (Å²) in [6.07, 6.45) is 1.64. The SMILES string of the molecule is COc1ccc(C2(C(=O)N3CCNC(C(=O)O)C3)CC2)cc1. The second-order valence-electron chi connectivity index (χ2n) is 5.91. The van der Waals surface area contributed by atoms with E-state index in [-0.39, 0.29) is 12.5 Å². The lowest BCUT2D eigenvalue weighted by molar-refractivity contribution is -0.143. The Bertz CT molecular complexity index is 580. The first-order valence-corrected chi connectivity index (χ1v) is 7.47. The summed E-state index contributed by atoms with van der Waals surface area (Å²) in [5, 5.41) is 12.0. The van der Waals surface area contributed by atoms with Gasteiger partial charge >= 0.3 is 5.97 Å². The maximum atomic E-state index is 12.9. The lowest BCUT2D eigenvalue weighted by atomic mass is 9.93. The second kappa shape index (κ2) is 5.61.